The number of nitrogens with zero attached hydrogens (tertiary/aromatic N) is 1. The van der Waals surface area contributed by atoms with Gasteiger partial charge in [0.1, 0.15) is 12.4 Å². The zero-order valence-electron chi connectivity index (χ0n) is 14.6. The molecule has 2 aliphatic rings. The molecular formula is C21H19BrFNO3. The van der Waals surface area contributed by atoms with Crippen LogP contribution in [0.4, 0.5) is 9.18 Å². The van der Waals surface area contributed by atoms with Crippen molar-refractivity contribution in [3.8, 4) is 0 Å². The molecule has 0 spiro atoms. The Kier molecular flexibility index (Phi) is 5.27. The van der Waals surface area contributed by atoms with E-state index in [1.165, 1.54) is 6.07 Å². The maximum Gasteiger partial charge on any atom is 0.411 e. The maximum atomic E-state index is 14.3. The van der Waals surface area contributed by atoms with E-state index in [9.17, 15) is 9.18 Å². The highest BCUT2D eigenvalue weighted by atomic mass is 79.9. The van der Waals surface area contributed by atoms with Crippen molar-refractivity contribution in [1.82, 2.24) is 4.90 Å². The molecule has 0 saturated carbocycles. The van der Waals surface area contributed by atoms with Crippen molar-refractivity contribution in [2.24, 2.45) is 0 Å². The Morgan fingerprint density at radius 2 is 2.04 bits per heavy atom. The van der Waals surface area contributed by atoms with Crippen LogP contribution in [0.5, 0.6) is 0 Å². The monoisotopic (exact) mass is 431 g/mol. The van der Waals surface area contributed by atoms with E-state index in [2.05, 4.69) is 15.9 Å². The fourth-order valence-electron chi connectivity index (χ4n) is 3.62. The van der Waals surface area contributed by atoms with Crippen molar-refractivity contribution in [3.05, 3.63) is 76.0 Å². The minimum absolute atomic E-state index is 0.162. The van der Waals surface area contributed by atoms with Crippen LogP contribution in [0.2, 0.25) is 0 Å². The number of halogens is 2. The van der Waals surface area contributed by atoms with Crippen molar-refractivity contribution >= 4 is 27.6 Å². The largest absolute Gasteiger partial charge is 0.445 e. The summed E-state index contributed by atoms with van der Waals surface area (Å²) < 4.78 is 26.3. The Morgan fingerprint density at radius 3 is 2.81 bits per heavy atom. The first kappa shape index (κ1) is 18.2. The molecule has 27 heavy (non-hydrogen) atoms. The molecule has 1 fully saturated rings. The average molecular weight is 432 g/mol. The number of hydrogen-bond donors (Lipinski definition) is 0. The Hall–Kier alpha value is -2.18. The average Bonchev–Trinajstić information content (AvgIpc) is 2.68. The summed E-state index contributed by atoms with van der Waals surface area (Å²) in [5, 5.41) is 0. The highest BCUT2D eigenvalue weighted by Gasteiger charge is 2.39. The van der Waals surface area contributed by atoms with Gasteiger partial charge in [0, 0.05) is 10.0 Å². The van der Waals surface area contributed by atoms with Crippen molar-refractivity contribution in [3.63, 3.8) is 0 Å². The number of carbonyl (C=O) groups excluding carboxylic acids is 1. The van der Waals surface area contributed by atoms with Crippen molar-refractivity contribution in [2.45, 2.75) is 25.1 Å². The van der Waals surface area contributed by atoms with Gasteiger partial charge in [-0.2, -0.15) is 0 Å². The van der Waals surface area contributed by atoms with Crippen LogP contribution in [0.3, 0.4) is 0 Å². The Balaban J connectivity index is 1.53. The molecule has 1 saturated heterocycles. The molecular weight excluding hydrogens is 413 g/mol. The standard InChI is InChI=1S/C21H19BrFNO3/c22-16-6-7-20(23)19(10-16)15-8-17-12-26-13-18(9-15)24(17)21(25)27-11-14-4-2-1-3-5-14/h1-8,10,17-18H,9,11-13H2. The molecule has 2 bridgehead atoms. The molecule has 2 aromatic carbocycles. The highest BCUT2D eigenvalue weighted by molar-refractivity contribution is 9.10. The van der Waals surface area contributed by atoms with Gasteiger partial charge in [0.05, 0.1) is 25.3 Å². The van der Waals surface area contributed by atoms with Crippen molar-refractivity contribution in [2.75, 3.05) is 13.2 Å². The van der Waals surface area contributed by atoms with Gasteiger partial charge in [-0.15, -0.1) is 0 Å². The number of carbonyl (C=O) groups is 1. The fraction of sp³-hybridized carbons (Fsp3) is 0.286. The normalized spacial score (nSPS) is 21.6. The summed E-state index contributed by atoms with van der Waals surface area (Å²) in [6.07, 6.45) is 2.09. The smallest absolute Gasteiger partial charge is 0.411 e. The Morgan fingerprint density at radius 1 is 1.22 bits per heavy atom. The summed E-state index contributed by atoms with van der Waals surface area (Å²) in [7, 11) is 0. The van der Waals surface area contributed by atoms with Crippen LogP contribution >= 0.6 is 15.9 Å². The van der Waals surface area contributed by atoms with Gasteiger partial charge < -0.3 is 9.47 Å². The molecule has 0 radical (unpaired) electrons. The second kappa shape index (κ2) is 7.82. The molecule has 6 heteroatoms. The predicted octanol–water partition coefficient (Wildman–Crippen LogP) is 4.78. The van der Waals surface area contributed by atoms with Crippen LogP contribution in [0, 0.1) is 5.82 Å². The van der Waals surface area contributed by atoms with E-state index in [1.54, 1.807) is 17.0 Å². The van der Waals surface area contributed by atoms with E-state index in [0.717, 1.165) is 15.6 Å². The lowest BCUT2D eigenvalue weighted by Crippen LogP contribution is -2.56. The molecule has 1 amide bonds. The first-order valence-electron chi connectivity index (χ1n) is 8.84. The molecule has 0 aliphatic carbocycles. The number of rotatable bonds is 3. The van der Waals surface area contributed by atoms with E-state index in [4.69, 9.17) is 9.47 Å². The van der Waals surface area contributed by atoms with E-state index < -0.39 is 0 Å². The van der Waals surface area contributed by atoms with Crippen LogP contribution in [0.25, 0.3) is 5.57 Å². The summed E-state index contributed by atoms with van der Waals surface area (Å²) in [4.78, 5) is 14.4. The van der Waals surface area contributed by atoms with Crippen molar-refractivity contribution in [1.29, 1.82) is 0 Å². The highest BCUT2D eigenvalue weighted by Crippen LogP contribution is 2.35. The zero-order valence-corrected chi connectivity index (χ0v) is 16.2. The summed E-state index contributed by atoms with van der Waals surface area (Å²) >= 11 is 3.40. The van der Waals surface area contributed by atoms with Crippen LogP contribution in [-0.4, -0.2) is 36.3 Å². The number of amides is 1. The summed E-state index contributed by atoms with van der Waals surface area (Å²) in [6.45, 7) is 1.03. The fourth-order valence-corrected chi connectivity index (χ4v) is 3.98. The molecule has 2 atom stereocenters. The number of hydrogen-bond acceptors (Lipinski definition) is 3. The second-order valence-corrected chi connectivity index (χ2v) is 7.64. The lowest BCUT2D eigenvalue weighted by atomic mass is 9.90. The van der Waals surface area contributed by atoms with Crippen LogP contribution in [-0.2, 0) is 16.1 Å². The first-order valence-corrected chi connectivity index (χ1v) is 9.64. The quantitative estimate of drug-likeness (QED) is 0.701. The van der Waals surface area contributed by atoms with Gasteiger partial charge in [0.2, 0.25) is 0 Å². The number of ether oxygens (including phenoxy) is 2. The molecule has 4 rings (SSSR count). The lowest BCUT2D eigenvalue weighted by Gasteiger charge is -2.43. The van der Waals surface area contributed by atoms with E-state index >= 15 is 0 Å². The molecule has 4 nitrogen and oxygen atoms in total. The molecule has 0 N–H and O–H groups in total. The van der Waals surface area contributed by atoms with Gasteiger partial charge in [-0.1, -0.05) is 52.3 Å². The lowest BCUT2D eigenvalue weighted by molar-refractivity contribution is -0.0342. The topological polar surface area (TPSA) is 38.8 Å². The van der Waals surface area contributed by atoms with E-state index in [1.807, 2.05) is 36.4 Å². The first-order chi connectivity index (χ1) is 13.1. The van der Waals surface area contributed by atoms with Gasteiger partial charge >= 0.3 is 6.09 Å². The van der Waals surface area contributed by atoms with Gasteiger partial charge in [0.25, 0.3) is 0 Å². The van der Waals surface area contributed by atoms with Crippen molar-refractivity contribution < 1.29 is 18.7 Å². The molecule has 2 heterocycles. The zero-order chi connectivity index (χ0) is 18.8. The maximum absolute atomic E-state index is 14.3. The van der Waals surface area contributed by atoms with Gasteiger partial charge in [-0.05, 0) is 35.8 Å². The molecule has 140 valence electrons. The third kappa shape index (κ3) is 3.92. The number of fused-ring (bicyclic) bond motifs is 2. The molecule has 2 unspecified atom stereocenters. The number of morpholine rings is 1. The van der Waals surface area contributed by atoms with Gasteiger partial charge in [-0.25, -0.2) is 9.18 Å². The molecule has 0 aromatic heterocycles. The van der Waals surface area contributed by atoms with Crippen LogP contribution < -0.4 is 0 Å². The predicted molar refractivity (Wildman–Crippen MR) is 104 cm³/mol. The second-order valence-electron chi connectivity index (χ2n) is 6.73. The van der Waals surface area contributed by atoms with E-state index in [-0.39, 0.29) is 30.6 Å². The third-order valence-electron chi connectivity index (χ3n) is 4.89. The minimum Gasteiger partial charge on any atom is -0.445 e. The molecule has 2 aliphatic heterocycles. The number of benzene rings is 2. The molecule has 2 aromatic rings. The Bertz CT molecular complexity index is 871. The van der Waals surface area contributed by atoms with E-state index in [0.29, 0.717) is 25.2 Å². The Labute approximate surface area is 165 Å². The van der Waals surface area contributed by atoms with Crippen LogP contribution in [0.1, 0.15) is 17.5 Å². The van der Waals surface area contributed by atoms with Gasteiger partial charge in [0.15, 0.2) is 0 Å². The third-order valence-corrected chi connectivity index (χ3v) is 5.38. The SMILES string of the molecule is O=C(OCc1ccccc1)N1C2C=C(c3cc(Br)ccc3F)CC1COC2. The van der Waals surface area contributed by atoms with Gasteiger partial charge in [-0.3, -0.25) is 4.90 Å². The minimum atomic E-state index is -0.359. The van der Waals surface area contributed by atoms with Crippen LogP contribution in [0.15, 0.2) is 59.1 Å². The summed E-state index contributed by atoms with van der Waals surface area (Å²) in [5.41, 5.74) is 2.41. The summed E-state index contributed by atoms with van der Waals surface area (Å²) in [5.74, 6) is -0.261. The summed E-state index contributed by atoms with van der Waals surface area (Å²) in [6, 6.07) is 14.1.